The van der Waals surface area contributed by atoms with Gasteiger partial charge in [0, 0.05) is 12.4 Å². The van der Waals surface area contributed by atoms with Crippen molar-refractivity contribution >= 4 is 0 Å². The summed E-state index contributed by atoms with van der Waals surface area (Å²) in [6.45, 7) is 4.31. The molecule has 1 aromatic heterocycles. The van der Waals surface area contributed by atoms with E-state index in [-0.39, 0.29) is 0 Å². The molecule has 1 fully saturated rings. The molecule has 2 unspecified atom stereocenters. The summed E-state index contributed by atoms with van der Waals surface area (Å²) in [6, 6.07) is 4.24. The molecule has 0 aliphatic carbocycles. The predicted molar refractivity (Wildman–Crippen MR) is 56.2 cm³/mol. The van der Waals surface area contributed by atoms with Crippen molar-refractivity contribution in [2.24, 2.45) is 0 Å². The maximum absolute atomic E-state index is 5.72. The average molecular weight is 191 g/mol. The Labute approximate surface area is 85.3 Å². The first-order chi connectivity index (χ1) is 6.75. The monoisotopic (exact) mass is 191 g/mol. The molecular formula is C12H17NO. The number of pyridine rings is 1. The number of aromatic nitrogens is 1. The summed E-state index contributed by atoms with van der Waals surface area (Å²) in [6.07, 6.45) is 6.79. The lowest BCUT2D eigenvalue weighted by atomic mass is 9.87. The highest BCUT2D eigenvalue weighted by molar-refractivity contribution is 5.16. The van der Waals surface area contributed by atoms with E-state index in [4.69, 9.17) is 4.74 Å². The zero-order valence-electron chi connectivity index (χ0n) is 8.81. The molecule has 76 valence electrons. The first kappa shape index (κ1) is 9.66. The fourth-order valence-electron chi connectivity index (χ4n) is 2.31. The normalized spacial score (nSPS) is 32.9. The molecule has 2 nitrogen and oxygen atoms in total. The molecule has 2 rings (SSSR count). The Hall–Kier alpha value is -0.890. The maximum atomic E-state index is 5.72. The minimum absolute atomic E-state index is 0.386. The number of hydrogen-bond donors (Lipinski definition) is 0. The van der Waals surface area contributed by atoms with Gasteiger partial charge >= 0.3 is 0 Å². The Balaban J connectivity index is 2.11. The number of ether oxygens (including phenoxy) is 1. The Kier molecular flexibility index (Phi) is 2.82. The molecule has 2 heteroatoms. The van der Waals surface area contributed by atoms with Gasteiger partial charge in [-0.3, -0.25) is 4.98 Å². The molecule has 1 aliphatic rings. The molecule has 0 radical (unpaired) electrons. The third-order valence-electron chi connectivity index (χ3n) is 2.88. The van der Waals surface area contributed by atoms with Crippen LogP contribution < -0.4 is 0 Å². The van der Waals surface area contributed by atoms with Crippen LogP contribution in [0.25, 0.3) is 0 Å². The van der Waals surface area contributed by atoms with E-state index < -0.39 is 0 Å². The van der Waals surface area contributed by atoms with Crippen molar-refractivity contribution < 1.29 is 4.74 Å². The number of nitrogens with zero attached hydrogens (tertiary/aromatic N) is 1. The van der Waals surface area contributed by atoms with Gasteiger partial charge in [0.05, 0.1) is 12.2 Å². The van der Waals surface area contributed by atoms with Crippen LogP contribution in [0.15, 0.2) is 24.5 Å². The molecule has 2 heterocycles. The van der Waals surface area contributed by atoms with Crippen LogP contribution in [0, 0.1) is 0 Å². The van der Waals surface area contributed by atoms with Gasteiger partial charge in [0.1, 0.15) is 0 Å². The van der Waals surface area contributed by atoms with E-state index >= 15 is 0 Å². The van der Waals surface area contributed by atoms with Crippen molar-refractivity contribution in [2.75, 3.05) is 0 Å². The van der Waals surface area contributed by atoms with Crippen LogP contribution in [0.3, 0.4) is 0 Å². The van der Waals surface area contributed by atoms with E-state index in [2.05, 4.69) is 31.0 Å². The number of hydrogen-bond acceptors (Lipinski definition) is 2. The molecule has 0 spiro atoms. The predicted octanol–water partition coefficient (Wildman–Crippen LogP) is 2.75. The first-order valence-electron chi connectivity index (χ1n) is 5.31. The highest BCUT2D eigenvalue weighted by Gasteiger charge is 2.25. The molecule has 0 N–H and O–H groups in total. The quantitative estimate of drug-likeness (QED) is 0.681. The summed E-state index contributed by atoms with van der Waals surface area (Å²) in [5.41, 5.74) is 1.40. The Bertz CT molecular complexity index is 276. The van der Waals surface area contributed by atoms with E-state index in [9.17, 15) is 0 Å². The Morgan fingerprint density at radius 2 is 1.71 bits per heavy atom. The maximum Gasteiger partial charge on any atom is 0.0556 e. The zero-order valence-corrected chi connectivity index (χ0v) is 8.81. The molecule has 1 saturated heterocycles. The van der Waals surface area contributed by atoms with E-state index in [1.54, 1.807) is 0 Å². The van der Waals surface area contributed by atoms with Crippen LogP contribution in [0.5, 0.6) is 0 Å². The molecule has 0 aromatic carbocycles. The fraction of sp³-hybridized carbons (Fsp3) is 0.583. The second-order valence-corrected chi connectivity index (χ2v) is 4.21. The minimum Gasteiger partial charge on any atom is -0.376 e. The molecule has 0 bridgehead atoms. The van der Waals surface area contributed by atoms with Crippen molar-refractivity contribution in [3.8, 4) is 0 Å². The standard InChI is InChI=1S/C12H17NO/c1-9-7-12(8-10(2)14-9)11-3-5-13-6-4-11/h3-6,9-10,12H,7-8H2,1-2H3. The third-order valence-corrected chi connectivity index (χ3v) is 2.88. The average Bonchev–Trinajstić information content (AvgIpc) is 2.18. The van der Waals surface area contributed by atoms with Crippen molar-refractivity contribution in [1.29, 1.82) is 0 Å². The lowest BCUT2D eigenvalue weighted by Gasteiger charge is -2.32. The molecule has 1 aromatic rings. The summed E-state index contributed by atoms with van der Waals surface area (Å²) in [7, 11) is 0. The van der Waals surface area contributed by atoms with Crippen molar-refractivity contribution in [1.82, 2.24) is 4.98 Å². The fourth-order valence-corrected chi connectivity index (χ4v) is 2.31. The second kappa shape index (κ2) is 4.09. The summed E-state index contributed by atoms with van der Waals surface area (Å²) in [5, 5.41) is 0. The smallest absolute Gasteiger partial charge is 0.0556 e. The molecular weight excluding hydrogens is 174 g/mol. The summed E-state index contributed by atoms with van der Waals surface area (Å²) < 4.78 is 5.72. The van der Waals surface area contributed by atoms with Gasteiger partial charge < -0.3 is 4.74 Å². The molecule has 1 aliphatic heterocycles. The van der Waals surface area contributed by atoms with Gasteiger partial charge in [0.2, 0.25) is 0 Å². The van der Waals surface area contributed by atoms with E-state index in [1.165, 1.54) is 5.56 Å². The lowest BCUT2D eigenvalue weighted by molar-refractivity contribution is -0.0380. The summed E-state index contributed by atoms with van der Waals surface area (Å²) >= 11 is 0. The molecule has 0 amide bonds. The van der Waals surface area contributed by atoms with Crippen molar-refractivity contribution in [3.05, 3.63) is 30.1 Å². The molecule has 2 atom stereocenters. The Morgan fingerprint density at radius 3 is 2.29 bits per heavy atom. The third kappa shape index (κ3) is 2.13. The number of rotatable bonds is 1. The van der Waals surface area contributed by atoms with Gasteiger partial charge in [-0.1, -0.05) is 0 Å². The van der Waals surface area contributed by atoms with E-state index in [1.807, 2.05) is 12.4 Å². The van der Waals surface area contributed by atoms with Gasteiger partial charge in [-0.05, 0) is 50.3 Å². The summed E-state index contributed by atoms with van der Waals surface area (Å²) in [4.78, 5) is 4.05. The largest absolute Gasteiger partial charge is 0.376 e. The Morgan fingerprint density at radius 1 is 1.14 bits per heavy atom. The van der Waals surface area contributed by atoms with Gasteiger partial charge in [-0.2, -0.15) is 0 Å². The second-order valence-electron chi connectivity index (χ2n) is 4.21. The van der Waals surface area contributed by atoms with Crippen LogP contribution >= 0.6 is 0 Å². The molecule has 0 saturated carbocycles. The van der Waals surface area contributed by atoms with Crippen molar-refractivity contribution in [2.45, 2.75) is 44.8 Å². The topological polar surface area (TPSA) is 22.1 Å². The highest BCUT2D eigenvalue weighted by Crippen LogP contribution is 2.32. The SMILES string of the molecule is CC1CC(c2ccncc2)CC(C)O1. The van der Waals surface area contributed by atoms with E-state index in [0.717, 1.165) is 12.8 Å². The lowest BCUT2D eigenvalue weighted by Crippen LogP contribution is -2.28. The van der Waals surface area contributed by atoms with Crippen LogP contribution in [0.1, 0.15) is 38.2 Å². The van der Waals surface area contributed by atoms with Crippen LogP contribution in [-0.2, 0) is 4.74 Å². The minimum atomic E-state index is 0.386. The first-order valence-corrected chi connectivity index (χ1v) is 5.31. The van der Waals surface area contributed by atoms with Gasteiger partial charge in [0.25, 0.3) is 0 Å². The zero-order chi connectivity index (χ0) is 9.97. The van der Waals surface area contributed by atoms with Crippen LogP contribution in [0.2, 0.25) is 0 Å². The van der Waals surface area contributed by atoms with Gasteiger partial charge in [0.15, 0.2) is 0 Å². The van der Waals surface area contributed by atoms with Gasteiger partial charge in [-0.25, -0.2) is 0 Å². The van der Waals surface area contributed by atoms with Crippen LogP contribution in [-0.4, -0.2) is 17.2 Å². The summed E-state index contributed by atoms with van der Waals surface area (Å²) in [5.74, 6) is 0.650. The highest BCUT2D eigenvalue weighted by atomic mass is 16.5. The van der Waals surface area contributed by atoms with Gasteiger partial charge in [-0.15, -0.1) is 0 Å². The van der Waals surface area contributed by atoms with Crippen molar-refractivity contribution in [3.63, 3.8) is 0 Å². The van der Waals surface area contributed by atoms with Crippen LogP contribution in [0.4, 0.5) is 0 Å². The molecule has 14 heavy (non-hydrogen) atoms. The van der Waals surface area contributed by atoms with E-state index in [0.29, 0.717) is 18.1 Å².